The number of hydrogen-bond acceptors (Lipinski definition) is 6. The van der Waals surface area contributed by atoms with Crippen LogP contribution in [-0.4, -0.2) is 26.5 Å². The van der Waals surface area contributed by atoms with E-state index in [1.165, 1.54) is 25.7 Å². The smallest absolute Gasteiger partial charge is 0.413 e. The Balaban J connectivity index is 1.13. The van der Waals surface area contributed by atoms with Gasteiger partial charge in [0, 0.05) is 11.0 Å². The van der Waals surface area contributed by atoms with Crippen LogP contribution in [0.25, 0.3) is 0 Å². The van der Waals surface area contributed by atoms with Gasteiger partial charge in [-0.25, -0.2) is 4.79 Å². The molecule has 1 aromatic carbocycles. The summed E-state index contributed by atoms with van der Waals surface area (Å²) in [5, 5.41) is 19.9. The molecule has 1 amide bonds. The Labute approximate surface area is 285 Å². The summed E-state index contributed by atoms with van der Waals surface area (Å²) in [7, 11) is 0. The van der Waals surface area contributed by atoms with Crippen LogP contribution >= 0.6 is 0 Å². The number of H-pyrrole nitrogens is 1. The minimum absolute atomic E-state index is 0.0373. The standard InChI is InChI=1S/C40H53N5O3/c1-35(2)17-19-40(33-45-41-24-48-33)20-18-38(6)27(28(40)22-35)13-14-30-37(5)21-26-31(36(3,4)29(37)15-16-39(30,38)7)43-44-32(26)42-34(46)47-23-25-11-9-8-10-12-25/h8-13,24,28-30H,14-23H2,1-7H3,(H2,42,43,44,46)/t28?,29?,30?,37-,38+,39+,40-/m0/s1. The van der Waals surface area contributed by atoms with Crippen LogP contribution < -0.4 is 5.32 Å². The maximum atomic E-state index is 13.0. The highest BCUT2D eigenvalue weighted by Crippen LogP contribution is 2.75. The zero-order valence-electron chi connectivity index (χ0n) is 29.9. The van der Waals surface area contributed by atoms with Crippen molar-refractivity contribution in [3.05, 3.63) is 71.1 Å². The maximum absolute atomic E-state index is 13.0. The van der Waals surface area contributed by atoms with E-state index in [1.807, 2.05) is 30.3 Å². The Morgan fingerprint density at radius 1 is 1.00 bits per heavy atom. The number of fused-ring (bicyclic) bond motifs is 8. The van der Waals surface area contributed by atoms with Gasteiger partial charge >= 0.3 is 6.09 Å². The first-order valence-electron chi connectivity index (χ1n) is 18.3. The molecule has 48 heavy (non-hydrogen) atoms. The molecule has 2 heterocycles. The first kappa shape index (κ1) is 31.8. The molecular weight excluding hydrogens is 598 g/mol. The molecule has 0 saturated heterocycles. The molecule has 5 aliphatic rings. The lowest BCUT2D eigenvalue weighted by molar-refractivity contribution is -0.155. The number of aromatic amines is 1. The van der Waals surface area contributed by atoms with E-state index in [9.17, 15) is 4.79 Å². The van der Waals surface area contributed by atoms with Crippen molar-refractivity contribution in [1.82, 2.24) is 20.4 Å². The number of carbonyl (C=O) groups is 1. The molecule has 8 heteroatoms. The molecule has 0 bridgehead atoms. The van der Waals surface area contributed by atoms with Crippen molar-refractivity contribution >= 4 is 11.9 Å². The number of benzene rings is 1. The van der Waals surface area contributed by atoms with E-state index in [0.29, 0.717) is 23.6 Å². The van der Waals surface area contributed by atoms with Gasteiger partial charge in [-0.2, -0.15) is 5.10 Å². The van der Waals surface area contributed by atoms with Crippen molar-refractivity contribution in [3.8, 4) is 0 Å². The average molecular weight is 652 g/mol. The van der Waals surface area contributed by atoms with Crippen LogP contribution in [0.2, 0.25) is 0 Å². The Morgan fingerprint density at radius 2 is 1.77 bits per heavy atom. The molecule has 5 aliphatic carbocycles. The highest BCUT2D eigenvalue weighted by molar-refractivity contribution is 5.84. The van der Waals surface area contributed by atoms with E-state index in [2.05, 4.69) is 75.2 Å². The third-order valence-corrected chi connectivity index (χ3v) is 15.0. The fourth-order valence-corrected chi connectivity index (χ4v) is 12.4. The fourth-order valence-electron chi connectivity index (χ4n) is 12.4. The fraction of sp³-hybridized carbons (Fsp3) is 0.650. The Kier molecular flexibility index (Phi) is 6.99. The van der Waals surface area contributed by atoms with Crippen LogP contribution in [0.15, 0.2) is 52.8 Å². The molecule has 2 N–H and O–H groups in total. The minimum atomic E-state index is -0.455. The van der Waals surface area contributed by atoms with Crippen molar-refractivity contribution in [3.63, 3.8) is 0 Å². The summed E-state index contributed by atoms with van der Waals surface area (Å²) in [6.07, 6.45) is 13.8. The predicted molar refractivity (Wildman–Crippen MR) is 185 cm³/mol. The number of carbonyl (C=O) groups excluding carboxylic acids is 1. The summed E-state index contributed by atoms with van der Waals surface area (Å²) in [6, 6.07) is 9.80. The molecule has 0 aliphatic heterocycles. The summed E-state index contributed by atoms with van der Waals surface area (Å²) in [5.74, 6) is 2.96. The Bertz CT molecular complexity index is 1740. The van der Waals surface area contributed by atoms with E-state index < -0.39 is 6.09 Å². The maximum Gasteiger partial charge on any atom is 0.413 e. The summed E-state index contributed by atoms with van der Waals surface area (Å²) >= 11 is 0. The lowest BCUT2D eigenvalue weighted by Gasteiger charge is -2.70. The Morgan fingerprint density at radius 3 is 2.52 bits per heavy atom. The molecule has 256 valence electrons. The van der Waals surface area contributed by atoms with Crippen molar-refractivity contribution in [2.24, 2.45) is 39.4 Å². The van der Waals surface area contributed by atoms with E-state index in [1.54, 1.807) is 5.57 Å². The number of hydrogen-bond donors (Lipinski definition) is 2. The summed E-state index contributed by atoms with van der Waals surface area (Å²) in [6.45, 7) is 17.7. The van der Waals surface area contributed by atoms with Gasteiger partial charge in [0.05, 0.1) is 11.1 Å². The largest absolute Gasteiger partial charge is 0.444 e. The molecule has 8 nitrogen and oxygen atoms in total. The number of amides is 1. The van der Waals surface area contributed by atoms with Crippen LogP contribution in [-0.2, 0) is 28.6 Å². The number of anilines is 1. The molecule has 8 rings (SSSR count). The van der Waals surface area contributed by atoms with Crippen LogP contribution in [0.3, 0.4) is 0 Å². The lowest BCUT2D eigenvalue weighted by Crippen LogP contribution is -2.64. The quantitative estimate of drug-likeness (QED) is 0.272. The molecule has 3 aromatic rings. The highest BCUT2D eigenvalue weighted by atomic mass is 16.5. The Hall–Kier alpha value is -3.42. The number of rotatable bonds is 4. The van der Waals surface area contributed by atoms with E-state index >= 15 is 0 Å². The number of nitrogens with one attached hydrogen (secondary N) is 2. The first-order valence-corrected chi connectivity index (χ1v) is 18.3. The van der Waals surface area contributed by atoms with Crippen molar-refractivity contribution < 1.29 is 13.9 Å². The van der Waals surface area contributed by atoms with Gasteiger partial charge in [0.1, 0.15) is 12.4 Å². The van der Waals surface area contributed by atoms with Gasteiger partial charge in [-0.3, -0.25) is 10.4 Å². The predicted octanol–water partition coefficient (Wildman–Crippen LogP) is 9.31. The molecular formula is C40H53N5O3. The van der Waals surface area contributed by atoms with E-state index in [-0.39, 0.29) is 39.1 Å². The summed E-state index contributed by atoms with van der Waals surface area (Å²) in [5.41, 5.74) is 5.24. The highest BCUT2D eigenvalue weighted by Gasteiger charge is 2.69. The average Bonchev–Trinajstić information content (AvgIpc) is 3.72. The second-order valence-corrected chi connectivity index (χ2v) is 18.1. The molecule has 2 aromatic heterocycles. The molecule has 3 saturated carbocycles. The number of aromatic nitrogens is 4. The normalized spacial score (nSPS) is 37.5. The van der Waals surface area contributed by atoms with Gasteiger partial charge in [-0.1, -0.05) is 90.4 Å². The van der Waals surface area contributed by atoms with Crippen LogP contribution in [0.1, 0.15) is 123 Å². The van der Waals surface area contributed by atoms with Crippen molar-refractivity contribution in [2.45, 2.75) is 124 Å². The topological polar surface area (TPSA) is 106 Å². The lowest BCUT2D eigenvalue weighted by atomic mass is 9.33. The van der Waals surface area contributed by atoms with E-state index in [4.69, 9.17) is 14.3 Å². The molecule has 3 fully saturated rings. The van der Waals surface area contributed by atoms with Crippen LogP contribution in [0, 0.1) is 39.4 Å². The summed E-state index contributed by atoms with van der Waals surface area (Å²) in [4.78, 5) is 13.0. The molecule has 0 radical (unpaired) electrons. The third kappa shape index (κ3) is 4.38. The van der Waals surface area contributed by atoms with Gasteiger partial charge in [0.2, 0.25) is 12.3 Å². The molecule has 0 spiro atoms. The minimum Gasteiger partial charge on any atom is -0.444 e. The van der Waals surface area contributed by atoms with Crippen LogP contribution in [0.4, 0.5) is 10.6 Å². The second-order valence-electron chi connectivity index (χ2n) is 18.1. The SMILES string of the molecule is CC1(C)CC[C@]2(c3nnco3)CC[C@]3(C)C(=CCC4[C@@]5(C)Cc6c(n[nH]c6NC(=O)OCc6ccccc6)C(C)(C)C5CC[C@]43C)C2C1. The number of ether oxygens (including phenoxy) is 1. The van der Waals surface area contributed by atoms with E-state index in [0.717, 1.165) is 61.2 Å². The van der Waals surface area contributed by atoms with Gasteiger partial charge in [-0.05, 0) is 103 Å². The second kappa shape index (κ2) is 10.5. The van der Waals surface area contributed by atoms with Gasteiger partial charge in [0.15, 0.2) is 0 Å². The third-order valence-electron chi connectivity index (χ3n) is 15.0. The van der Waals surface area contributed by atoms with Gasteiger partial charge < -0.3 is 9.15 Å². The number of nitrogens with zero attached hydrogens (tertiary/aromatic N) is 3. The van der Waals surface area contributed by atoms with Gasteiger partial charge in [0.25, 0.3) is 0 Å². The number of allylic oxidation sites excluding steroid dienone is 2. The molecule has 7 atom stereocenters. The van der Waals surface area contributed by atoms with Crippen LogP contribution in [0.5, 0.6) is 0 Å². The first-order chi connectivity index (χ1) is 22.7. The zero-order valence-corrected chi connectivity index (χ0v) is 29.9. The van der Waals surface area contributed by atoms with Gasteiger partial charge in [-0.15, -0.1) is 10.2 Å². The molecule has 3 unspecified atom stereocenters. The summed E-state index contributed by atoms with van der Waals surface area (Å²) < 4.78 is 11.7. The van der Waals surface area contributed by atoms with Crippen molar-refractivity contribution in [2.75, 3.05) is 5.32 Å². The monoisotopic (exact) mass is 651 g/mol. The van der Waals surface area contributed by atoms with Crippen molar-refractivity contribution in [1.29, 1.82) is 0 Å². The zero-order chi connectivity index (χ0) is 33.7.